The summed E-state index contributed by atoms with van der Waals surface area (Å²) in [6, 6.07) is 16.2. The smallest absolute Gasteiger partial charge is 0.358 e. The fourth-order valence-electron chi connectivity index (χ4n) is 2.44. The van der Waals surface area contributed by atoms with Crippen LogP contribution in [0.5, 0.6) is 5.75 Å². The zero-order valence-corrected chi connectivity index (χ0v) is 16.1. The highest BCUT2D eigenvalue weighted by atomic mass is 79.9. The van der Waals surface area contributed by atoms with Crippen molar-refractivity contribution in [2.24, 2.45) is 0 Å². The van der Waals surface area contributed by atoms with Gasteiger partial charge in [-0.25, -0.2) is 9.48 Å². The molecule has 0 spiro atoms. The summed E-state index contributed by atoms with van der Waals surface area (Å²) >= 11 is 3.13. The summed E-state index contributed by atoms with van der Waals surface area (Å²) in [4.78, 5) is 24.7. The molecule has 0 N–H and O–H groups in total. The number of benzene rings is 2. The molecule has 0 aliphatic carbocycles. The molecule has 1 aromatic heterocycles. The molecule has 0 fully saturated rings. The molecule has 1 unspecified atom stereocenters. The molecule has 0 aliphatic rings. The highest BCUT2D eigenvalue weighted by molar-refractivity contribution is 9.09. The number of rotatable bonds is 7. The second kappa shape index (κ2) is 8.64. The van der Waals surface area contributed by atoms with Gasteiger partial charge in [-0.3, -0.25) is 4.79 Å². The van der Waals surface area contributed by atoms with E-state index in [9.17, 15) is 9.59 Å². The third-order valence-corrected chi connectivity index (χ3v) is 4.26. The Hall–Kier alpha value is -2.93. The number of hydrogen-bond donors (Lipinski definition) is 0. The van der Waals surface area contributed by atoms with Gasteiger partial charge in [-0.15, -0.1) is 0 Å². The lowest BCUT2D eigenvalue weighted by Gasteiger charge is -2.14. The molecule has 27 heavy (non-hydrogen) atoms. The lowest BCUT2D eigenvalue weighted by Crippen LogP contribution is -2.24. The summed E-state index contributed by atoms with van der Waals surface area (Å²) in [6.07, 6.45) is 3.16. The predicted molar refractivity (Wildman–Crippen MR) is 103 cm³/mol. The molecule has 0 aliphatic heterocycles. The summed E-state index contributed by atoms with van der Waals surface area (Å²) in [7, 11) is 0. The van der Waals surface area contributed by atoms with Gasteiger partial charge in [0.1, 0.15) is 5.75 Å². The molecule has 138 valence electrons. The summed E-state index contributed by atoms with van der Waals surface area (Å²) < 4.78 is 12.1. The Bertz CT molecular complexity index is 940. The Balaban J connectivity index is 1.84. The molecule has 0 radical (unpaired) electrons. The molecule has 0 amide bonds. The molecule has 0 bridgehead atoms. The minimum Gasteiger partial charge on any atom is -0.467 e. The first kappa shape index (κ1) is 18.8. The van der Waals surface area contributed by atoms with E-state index >= 15 is 0 Å². The molecular weight excluding hydrogens is 412 g/mol. The number of nitrogens with zero attached hydrogens (tertiary/aromatic N) is 2. The Morgan fingerprint density at radius 2 is 1.81 bits per heavy atom. The van der Waals surface area contributed by atoms with E-state index in [1.807, 2.05) is 30.3 Å². The number of halogens is 1. The highest BCUT2D eigenvalue weighted by Gasteiger charge is 2.22. The average molecular weight is 429 g/mol. The molecule has 1 heterocycles. The van der Waals surface area contributed by atoms with Gasteiger partial charge < -0.3 is 9.47 Å². The Morgan fingerprint density at radius 3 is 2.56 bits per heavy atom. The van der Waals surface area contributed by atoms with Gasteiger partial charge in [0.2, 0.25) is 5.01 Å². The monoisotopic (exact) mass is 428 g/mol. The van der Waals surface area contributed by atoms with Crippen molar-refractivity contribution in [1.29, 1.82) is 0 Å². The molecule has 3 aromatic rings. The Kier molecular flexibility index (Phi) is 6.03. The van der Waals surface area contributed by atoms with Gasteiger partial charge in [0.25, 0.3) is 0 Å². The zero-order valence-electron chi connectivity index (χ0n) is 14.5. The molecule has 3 rings (SSSR count). The molecule has 7 heteroatoms. The number of alkyl halides is 1. The van der Waals surface area contributed by atoms with Gasteiger partial charge in [-0.2, -0.15) is 5.10 Å². The molecule has 0 saturated heterocycles. The van der Waals surface area contributed by atoms with Crippen LogP contribution in [0.3, 0.4) is 0 Å². The molecule has 6 nitrogen and oxygen atoms in total. The van der Waals surface area contributed by atoms with Crippen LogP contribution in [0, 0.1) is 0 Å². The predicted octanol–water partition coefficient (Wildman–Crippen LogP) is 3.77. The Morgan fingerprint density at radius 1 is 1.11 bits per heavy atom. The number of aromatic nitrogens is 2. The van der Waals surface area contributed by atoms with Crippen LogP contribution < -0.4 is 4.74 Å². The van der Waals surface area contributed by atoms with Crippen molar-refractivity contribution in [3.8, 4) is 11.4 Å². The van der Waals surface area contributed by atoms with E-state index in [0.717, 1.165) is 5.69 Å². The number of esters is 1. The summed E-state index contributed by atoms with van der Waals surface area (Å²) in [5.41, 5.74) is 1.60. The van der Waals surface area contributed by atoms with Gasteiger partial charge in [-0.1, -0.05) is 30.3 Å². The highest BCUT2D eigenvalue weighted by Crippen LogP contribution is 2.24. The third-order valence-electron chi connectivity index (χ3n) is 3.70. The molecule has 0 saturated carbocycles. The van der Waals surface area contributed by atoms with Crippen LogP contribution in [0.4, 0.5) is 0 Å². The topological polar surface area (TPSA) is 70.4 Å². The first-order valence-electron chi connectivity index (χ1n) is 8.31. The maximum absolute atomic E-state index is 12.9. The summed E-state index contributed by atoms with van der Waals surface area (Å²) in [6.45, 7) is 1.95. The van der Waals surface area contributed by atoms with Crippen molar-refractivity contribution in [2.45, 2.75) is 11.9 Å². The van der Waals surface area contributed by atoms with E-state index in [1.165, 1.54) is 6.20 Å². The van der Waals surface area contributed by atoms with Crippen LogP contribution in [-0.4, -0.2) is 33.2 Å². The first-order chi connectivity index (χ1) is 13.1. The lowest BCUT2D eigenvalue weighted by atomic mass is 10.1. The second-order valence-corrected chi connectivity index (χ2v) is 6.35. The van der Waals surface area contributed by atoms with Crippen molar-refractivity contribution in [3.05, 3.63) is 78.1 Å². The van der Waals surface area contributed by atoms with Gasteiger partial charge >= 0.3 is 5.97 Å². The van der Waals surface area contributed by atoms with Gasteiger partial charge in [0.15, 0.2) is 5.78 Å². The average Bonchev–Trinajstić information content (AvgIpc) is 3.19. The van der Waals surface area contributed by atoms with Crippen molar-refractivity contribution >= 4 is 27.7 Å². The fourth-order valence-corrected chi connectivity index (χ4v) is 2.78. The first-order valence-corrected chi connectivity index (χ1v) is 9.23. The number of carbonyl (C=O) groups excluding carboxylic acids is 2. The van der Waals surface area contributed by atoms with Crippen molar-refractivity contribution in [2.75, 3.05) is 6.61 Å². The third kappa shape index (κ3) is 4.43. The number of para-hydroxylation sites is 2. The van der Waals surface area contributed by atoms with Crippen LogP contribution in [0.1, 0.15) is 22.8 Å². The maximum atomic E-state index is 12.9. The largest absolute Gasteiger partial charge is 0.467 e. The normalized spacial score (nSPS) is 11.6. The van der Waals surface area contributed by atoms with Crippen molar-refractivity contribution in [1.82, 2.24) is 9.78 Å². The van der Waals surface area contributed by atoms with Crippen molar-refractivity contribution in [3.63, 3.8) is 0 Å². The molecule has 1 atom stereocenters. The number of hydrogen-bond acceptors (Lipinski definition) is 5. The van der Waals surface area contributed by atoms with E-state index in [2.05, 4.69) is 21.0 Å². The summed E-state index contributed by atoms with van der Waals surface area (Å²) in [5, 5.41) is 3.25. The lowest BCUT2D eigenvalue weighted by molar-refractivity contribution is -0.146. The van der Waals surface area contributed by atoms with E-state index in [4.69, 9.17) is 9.47 Å². The van der Waals surface area contributed by atoms with Crippen LogP contribution in [-0.2, 0) is 9.53 Å². The van der Waals surface area contributed by atoms with Crippen LogP contribution in [0.2, 0.25) is 0 Å². The standard InChI is InChI=1S/C20H17BrN2O4/c1-2-26-20(25)19(21)27-17-11-7-6-10-16(17)18(24)14-12-22-23(13-14)15-8-4-3-5-9-15/h3-13,19H,2H2,1H3. The minimum absolute atomic E-state index is 0.240. The SMILES string of the molecule is CCOC(=O)C(Br)Oc1ccccc1C(=O)c1cnn(-c2ccccc2)c1. The zero-order chi connectivity index (χ0) is 19.2. The minimum atomic E-state index is -1.00. The number of carbonyl (C=O) groups is 2. The fraction of sp³-hybridized carbons (Fsp3) is 0.150. The second-order valence-electron chi connectivity index (χ2n) is 5.52. The van der Waals surface area contributed by atoms with Gasteiger partial charge in [0.05, 0.1) is 29.6 Å². The van der Waals surface area contributed by atoms with Crippen molar-refractivity contribution < 1.29 is 19.1 Å². The van der Waals surface area contributed by atoms with Gasteiger partial charge in [0, 0.05) is 6.20 Å². The number of ketones is 1. The van der Waals surface area contributed by atoms with E-state index in [-0.39, 0.29) is 18.1 Å². The quantitative estimate of drug-likeness (QED) is 0.325. The summed E-state index contributed by atoms with van der Waals surface area (Å²) in [5.74, 6) is -0.530. The molecular formula is C20H17BrN2O4. The van der Waals surface area contributed by atoms with E-state index < -0.39 is 11.0 Å². The number of ether oxygens (including phenoxy) is 2. The van der Waals surface area contributed by atoms with E-state index in [0.29, 0.717) is 11.1 Å². The van der Waals surface area contributed by atoms with Crippen LogP contribution in [0.15, 0.2) is 67.0 Å². The maximum Gasteiger partial charge on any atom is 0.358 e. The van der Waals surface area contributed by atoms with E-state index in [1.54, 1.807) is 42.1 Å². The van der Waals surface area contributed by atoms with Gasteiger partial charge in [-0.05, 0) is 47.1 Å². The van der Waals surface area contributed by atoms with Crippen LogP contribution >= 0.6 is 15.9 Å². The van der Waals surface area contributed by atoms with Crippen LogP contribution in [0.25, 0.3) is 5.69 Å². The molecule has 2 aromatic carbocycles. The Labute approximate surface area is 164 Å².